The molecule has 0 spiro atoms. The Morgan fingerprint density at radius 1 is 1.44 bits per heavy atom. The molecule has 1 aromatic carbocycles. The molecule has 1 aromatic rings. The van der Waals surface area contributed by atoms with Gasteiger partial charge in [-0.1, -0.05) is 0 Å². The summed E-state index contributed by atoms with van der Waals surface area (Å²) in [6, 6.07) is 3.03. The fourth-order valence-electron chi connectivity index (χ4n) is 2.30. The highest BCUT2D eigenvalue weighted by Gasteiger charge is 2.29. The van der Waals surface area contributed by atoms with E-state index in [0.29, 0.717) is 6.54 Å². The van der Waals surface area contributed by atoms with Crippen LogP contribution in [-0.4, -0.2) is 48.4 Å². The number of nitrogens with zero attached hydrogens (tertiary/aromatic N) is 2. The molecule has 0 unspecified atom stereocenters. The molecule has 25 heavy (non-hydrogen) atoms. The molecular weight excluding hydrogens is 332 g/mol. The molecule has 1 atom stereocenters. The van der Waals surface area contributed by atoms with Crippen molar-refractivity contribution in [3.8, 4) is 5.75 Å². The maximum absolute atomic E-state index is 12.1. The second-order valence-electron chi connectivity index (χ2n) is 5.36. The third-order valence-electron chi connectivity index (χ3n) is 3.52. The van der Waals surface area contributed by atoms with Gasteiger partial charge in [0, 0.05) is 18.7 Å². The van der Waals surface area contributed by atoms with Gasteiger partial charge in [0.25, 0.3) is 11.6 Å². The zero-order chi connectivity index (χ0) is 18.6. The van der Waals surface area contributed by atoms with Crippen LogP contribution in [-0.2, 0) is 14.4 Å². The number of ether oxygens (including phenoxy) is 1. The highest BCUT2D eigenvalue weighted by molar-refractivity contribution is 6.03. The van der Waals surface area contributed by atoms with E-state index < -0.39 is 22.8 Å². The van der Waals surface area contributed by atoms with Gasteiger partial charge in [-0.25, -0.2) is 0 Å². The first-order valence-corrected chi connectivity index (χ1v) is 7.62. The highest BCUT2D eigenvalue weighted by atomic mass is 16.6. The summed E-state index contributed by atoms with van der Waals surface area (Å²) in [6.45, 7) is 3.05. The monoisotopic (exact) mass is 350 g/mol. The van der Waals surface area contributed by atoms with E-state index in [1.165, 1.54) is 25.1 Å². The van der Waals surface area contributed by atoms with E-state index in [1.54, 1.807) is 6.92 Å². The first-order valence-electron chi connectivity index (χ1n) is 7.62. The van der Waals surface area contributed by atoms with Crippen molar-refractivity contribution in [3.05, 3.63) is 28.3 Å². The van der Waals surface area contributed by atoms with E-state index in [4.69, 9.17) is 4.74 Å². The van der Waals surface area contributed by atoms with Crippen LogP contribution >= 0.6 is 0 Å². The molecule has 2 rings (SSSR count). The molecule has 0 aliphatic carbocycles. The van der Waals surface area contributed by atoms with Crippen LogP contribution in [0.15, 0.2) is 18.2 Å². The number of hydrogen-bond acceptors (Lipinski definition) is 6. The normalized spacial score (nSPS) is 14.2. The molecule has 0 fully saturated rings. The van der Waals surface area contributed by atoms with Crippen molar-refractivity contribution in [1.29, 1.82) is 0 Å². The zero-order valence-electron chi connectivity index (χ0n) is 13.8. The van der Waals surface area contributed by atoms with Crippen LogP contribution in [0, 0.1) is 10.1 Å². The topological polar surface area (TPSA) is 131 Å². The molecular formula is C15H18N4O6. The van der Waals surface area contributed by atoms with Crippen molar-refractivity contribution in [3.63, 3.8) is 0 Å². The van der Waals surface area contributed by atoms with Crippen LogP contribution in [0.25, 0.3) is 0 Å². The third-order valence-corrected chi connectivity index (χ3v) is 3.52. The minimum absolute atomic E-state index is 0.145. The van der Waals surface area contributed by atoms with Crippen LogP contribution in [0.2, 0.25) is 0 Å². The Morgan fingerprint density at radius 3 is 2.80 bits per heavy atom. The van der Waals surface area contributed by atoms with Gasteiger partial charge < -0.3 is 15.4 Å². The molecule has 0 saturated heterocycles. The molecule has 0 bridgehead atoms. The number of carbonyl (C=O) groups excluding carboxylic acids is 3. The average Bonchev–Trinajstić information content (AvgIpc) is 2.57. The summed E-state index contributed by atoms with van der Waals surface area (Å²) in [5.74, 6) is -1.14. The molecule has 2 N–H and O–H groups in total. The van der Waals surface area contributed by atoms with Crippen LogP contribution < -0.4 is 20.3 Å². The molecule has 0 saturated carbocycles. The van der Waals surface area contributed by atoms with Crippen molar-refractivity contribution in [2.24, 2.45) is 0 Å². The Bertz CT molecular complexity index is 720. The maximum atomic E-state index is 12.1. The lowest BCUT2D eigenvalue weighted by molar-refractivity contribution is -0.384. The van der Waals surface area contributed by atoms with Crippen LogP contribution in [0.5, 0.6) is 5.75 Å². The SMILES string of the molecule is CCNC(=O)[C@@H](C)NC(=O)CN1C(=O)COc2ccc([N+](=O)[O-])cc21. The zero-order valence-corrected chi connectivity index (χ0v) is 13.8. The number of benzene rings is 1. The highest BCUT2D eigenvalue weighted by Crippen LogP contribution is 2.35. The third kappa shape index (κ3) is 4.22. The quantitative estimate of drug-likeness (QED) is 0.547. The Balaban J connectivity index is 2.15. The summed E-state index contributed by atoms with van der Waals surface area (Å²) < 4.78 is 5.22. The van der Waals surface area contributed by atoms with E-state index in [0.717, 1.165) is 4.90 Å². The number of nitro groups is 1. The van der Waals surface area contributed by atoms with E-state index in [-0.39, 0.29) is 36.2 Å². The fourth-order valence-corrected chi connectivity index (χ4v) is 2.30. The number of carbonyl (C=O) groups is 3. The first kappa shape index (κ1) is 18.2. The smallest absolute Gasteiger partial charge is 0.271 e. The Morgan fingerprint density at radius 2 is 2.16 bits per heavy atom. The van der Waals surface area contributed by atoms with Crippen LogP contribution in [0.1, 0.15) is 13.8 Å². The number of likely N-dealkylation sites (N-methyl/N-ethyl adjacent to an activating group) is 1. The summed E-state index contributed by atoms with van der Waals surface area (Å²) in [6.07, 6.45) is 0. The van der Waals surface area contributed by atoms with Crippen molar-refractivity contribution < 1.29 is 24.0 Å². The summed E-state index contributed by atoms with van der Waals surface area (Å²) >= 11 is 0. The largest absolute Gasteiger partial charge is 0.482 e. The minimum Gasteiger partial charge on any atom is -0.482 e. The second-order valence-corrected chi connectivity index (χ2v) is 5.36. The predicted molar refractivity (Wildman–Crippen MR) is 87.2 cm³/mol. The van der Waals surface area contributed by atoms with Crippen molar-refractivity contribution in [2.75, 3.05) is 24.6 Å². The number of non-ortho nitro benzene ring substituents is 1. The number of amides is 3. The molecule has 10 nitrogen and oxygen atoms in total. The Labute approximate surface area is 143 Å². The molecule has 1 aliphatic heterocycles. The number of hydrogen-bond donors (Lipinski definition) is 2. The number of nitro benzene ring substituents is 1. The second kappa shape index (κ2) is 7.60. The summed E-state index contributed by atoms with van der Waals surface area (Å²) in [5, 5.41) is 16.0. The summed E-state index contributed by atoms with van der Waals surface area (Å²) in [7, 11) is 0. The Kier molecular flexibility index (Phi) is 5.52. The van der Waals surface area contributed by atoms with Gasteiger partial charge in [-0.05, 0) is 19.9 Å². The summed E-state index contributed by atoms with van der Waals surface area (Å²) in [4.78, 5) is 47.3. The van der Waals surface area contributed by atoms with Gasteiger partial charge in [0.2, 0.25) is 11.8 Å². The lowest BCUT2D eigenvalue weighted by Gasteiger charge is -2.29. The molecule has 0 radical (unpaired) electrons. The number of fused-ring (bicyclic) bond motifs is 1. The fraction of sp³-hybridized carbons (Fsp3) is 0.400. The van der Waals surface area contributed by atoms with Crippen LogP contribution in [0.4, 0.5) is 11.4 Å². The molecule has 1 aliphatic rings. The molecule has 10 heteroatoms. The van der Waals surface area contributed by atoms with E-state index in [2.05, 4.69) is 10.6 Å². The molecule has 134 valence electrons. The average molecular weight is 350 g/mol. The molecule has 1 heterocycles. The van der Waals surface area contributed by atoms with Gasteiger partial charge >= 0.3 is 0 Å². The van der Waals surface area contributed by atoms with Gasteiger partial charge in [-0.3, -0.25) is 29.4 Å². The summed E-state index contributed by atoms with van der Waals surface area (Å²) in [5.41, 5.74) is -0.0792. The van der Waals surface area contributed by atoms with E-state index in [1.807, 2.05) is 0 Å². The number of anilines is 1. The predicted octanol–water partition coefficient (Wildman–Crippen LogP) is -0.0390. The lowest BCUT2D eigenvalue weighted by atomic mass is 10.2. The minimum atomic E-state index is -0.770. The maximum Gasteiger partial charge on any atom is 0.271 e. The van der Waals surface area contributed by atoms with Crippen molar-refractivity contribution >= 4 is 29.1 Å². The molecule has 3 amide bonds. The van der Waals surface area contributed by atoms with Crippen LogP contribution in [0.3, 0.4) is 0 Å². The standard InChI is InChI=1S/C15H18N4O6/c1-3-16-15(22)9(2)17-13(20)7-18-11-6-10(19(23)24)4-5-12(11)25-8-14(18)21/h4-6,9H,3,7-8H2,1-2H3,(H,16,22)(H,17,20)/t9-/m1/s1. The first-order chi connectivity index (χ1) is 11.8. The molecule has 0 aromatic heterocycles. The van der Waals surface area contributed by atoms with Gasteiger partial charge in [0.15, 0.2) is 6.61 Å². The van der Waals surface area contributed by atoms with Gasteiger partial charge in [0.05, 0.1) is 10.6 Å². The van der Waals surface area contributed by atoms with Crippen molar-refractivity contribution in [2.45, 2.75) is 19.9 Å². The van der Waals surface area contributed by atoms with Gasteiger partial charge in [-0.2, -0.15) is 0 Å². The lowest BCUT2D eigenvalue weighted by Crippen LogP contribution is -2.50. The van der Waals surface area contributed by atoms with E-state index >= 15 is 0 Å². The van der Waals surface area contributed by atoms with Gasteiger partial charge in [-0.15, -0.1) is 0 Å². The Hall–Kier alpha value is -3.17. The van der Waals surface area contributed by atoms with Gasteiger partial charge in [0.1, 0.15) is 18.3 Å². The number of rotatable bonds is 6. The number of nitrogens with one attached hydrogen (secondary N) is 2. The van der Waals surface area contributed by atoms with E-state index in [9.17, 15) is 24.5 Å². The van der Waals surface area contributed by atoms with Crippen molar-refractivity contribution in [1.82, 2.24) is 10.6 Å².